The molecule has 0 saturated carbocycles. The second-order valence-corrected chi connectivity index (χ2v) is 2.73. The van der Waals surface area contributed by atoms with Gasteiger partial charge >= 0.3 is 0 Å². The summed E-state index contributed by atoms with van der Waals surface area (Å²) in [7, 11) is 0. The van der Waals surface area contributed by atoms with Crippen molar-refractivity contribution in [3.8, 4) is 0 Å². The van der Waals surface area contributed by atoms with E-state index in [1.165, 1.54) is 5.57 Å². The summed E-state index contributed by atoms with van der Waals surface area (Å²) in [5.41, 5.74) is 3.36. The quantitative estimate of drug-likeness (QED) is 0.345. The Bertz CT molecular complexity index is 361. The Hall–Kier alpha value is 1.21. The van der Waals surface area contributed by atoms with Crippen LogP contribution in [0.1, 0.15) is 55.2 Å². The minimum atomic E-state index is 0. The smallest absolute Gasteiger partial charge is 0.0680 e. The van der Waals surface area contributed by atoms with Gasteiger partial charge in [0.05, 0.1) is 5.70 Å². The van der Waals surface area contributed by atoms with E-state index in [0.29, 0.717) is 0 Å². The molecule has 1 aromatic rings. The van der Waals surface area contributed by atoms with Crippen LogP contribution in [0, 0.1) is 0 Å². The van der Waals surface area contributed by atoms with Crippen LogP contribution >= 0.6 is 0 Å². The Morgan fingerprint density at radius 1 is 1.00 bits per heavy atom. The van der Waals surface area contributed by atoms with E-state index in [4.69, 9.17) is 0 Å². The summed E-state index contributed by atoms with van der Waals surface area (Å²) in [6.45, 7) is 10.1. The summed E-state index contributed by atoms with van der Waals surface area (Å²) < 4.78 is 0. The van der Waals surface area contributed by atoms with Crippen LogP contribution in [0.2, 0.25) is 0 Å². The van der Waals surface area contributed by atoms with Gasteiger partial charge in [0, 0.05) is 104 Å². The molecular formula is C16H36IrN4Y2. The molecule has 7 N–H and O–H groups in total. The molecule has 1 aliphatic heterocycles. The monoisotopic (exact) mass is 655 g/mol. The van der Waals surface area contributed by atoms with E-state index >= 15 is 0 Å². The van der Waals surface area contributed by atoms with E-state index < -0.39 is 0 Å². The number of nitrogens with zero attached hydrogens (tertiary/aromatic N) is 1. The summed E-state index contributed by atoms with van der Waals surface area (Å²) in [6.07, 6.45) is 7.68. The van der Waals surface area contributed by atoms with Gasteiger partial charge in [0.1, 0.15) is 0 Å². The average Bonchev–Trinajstić information content (AvgIpc) is 3.06. The number of allylic oxidation sites excluding steroid dienone is 3. The molecule has 0 fully saturated rings. The van der Waals surface area contributed by atoms with Crippen molar-refractivity contribution in [3.63, 3.8) is 0 Å². The van der Waals surface area contributed by atoms with Crippen molar-refractivity contribution >= 4 is 11.8 Å². The summed E-state index contributed by atoms with van der Waals surface area (Å²) in [6, 6.07) is 4.03. The summed E-state index contributed by atoms with van der Waals surface area (Å²) >= 11 is 0. The molecule has 0 unspecified atom stereocenters. The van der Waals surface area contributed by atoms with Gasteiger partial charge < -0.3 is 17.3 Å². The fourth-order valence-corrected chi connectivity index (χ4v) is 1.22. The molecule has 0 saturated heterocycles. The number of hydrogen-bond acceptors (Lipinski definition) is 3. The fraction of sp³-hybridized carbons (Fsp3) is 0.438. The molecule has 0 aromatic carbocycles. The van der Waals surface area contributed by atoms with Gasteiger partial charge in [-0.3, -0.25) is 4.99 Å². The number of nitrogens with one attached hydrogen (secondary N) is 1. The zero-order valence-electron chi connectivity index (χ0n) is 13.8. The first kappa shape index (κ1) is 49.6. The second-order valence-electron chi connectivity index (χ2n) is 2.73. The van der Waals surface area contributed by atoms with E-state index in [2.05, 4.69) is 16.9 Å². The third-order valence-corrected chi connectivity index (χ3v) is 1.94. The van der Waals surface area contributed by atoms with E-state index in [0.717, 1.165) is 11.4 Å². The Morgan fingerprint density at radius 2 is 1.48 bits per heavy atom. The van der Waals surface area contributed by atoms with Crippen molar-refractivity contribution in [2.75, 3.05) is 0 Å². The van der Waals surface area contributed by atoms with E-state index in [-0.39, 0.29) is 113 Å². The van der Waals surface area contributed by atoms with Gasteiger partial charge in [0.15, 0.2) is 0 Å². The number of aromatic nitrogens is 1. The number of H-pyrrole nitrogens is 1. The van der Waals surface area contributed by atoms with Gasteiger partial charge in [-0.1, -0.05) is 42.5 Å². The third-order valence-electron chi connectivity index (χ3n) is 1.94. The maximum Gasteiger partial charge on any atom is 0.0680 e. The van der Waals surface area contributed by atoms with Crippen molar-refractivity contribution < 1.29 is 85.5 Å². The van der Waals surface area contributed by atoms with Crippen LogP contribution in [-0.4, -0.2) is 11.2 Å². The first-order valence-corrected chi connectivity index (χ1v) is 5.93. The minimum absolute atomic E-state index is 0. The third kappa shape index (κ3) is 19.4. The second kappa shape index (κ2) is 34.5. The standard InChI is InChI=1S/C10H10N2.2C2H6.2CH4.Ir.2H3N.2Y/c1-8(9-4-2-6-11-9)10-5-3-7-12-10;2*1-2;;;;;;;/h2-7,11H,1H3;2*1-2H3;2*1H4;;2*1H3;;/b10-8-;;;;;;;;;. The molecule has 23 heavy (non-hydrogen) atoms. The normalized spacial score (nSPS) is 10.3. The molecule has 3 radical (unpaired) electrons. The molecule has 1 aliphatic rings. The van der Waals surface area contributed by atoms with Gasteiger partial charge in [0.25, 0.3) is 0 Å². The first-order valence-electron chi connectivity index (χ1n) is 5.93. The molecular weight excluding hydrogens is 618 g/mol. The average molecular weight is 655 g/mol. The van der Waals surface area contributed by atoms with Gasteiger partial charge in [0.2, 0.25) is 0 Å². The van der Waals surface area contributed by atoms with Crippen LogP contribution in [0.15, 0.2) is 41.2 Å². The molecule has 7 heteroatoms. The fourth-order valence-electron chi connectivity index (χ4n) is 1.22. The van der Waals surface area contributed by atoms with Crippen LogP contribution in [0.3, 0.4) is 0 Å². The van der Waals surface area contributed by atoms with E-state index in [1.54, 1.807) is 0 Å². The van der Waals surface area contributed by atoms with Crippen molar-refractivity contribution in [2.24, 2.45) is 4.99 Å². The van der Waals surface area contributed by atoms with Gasteiger partial charge in [-0.15, -0.1) is 0 Å². The van der Waals surface area contributed by atoms with E-state index in [1.807, 2.05) is 64.4 Å². The molecule has 135 valence electrons. The van der Waals surface area contributed by atoms with Gasteiger partial charge in [-0.25, -0.2) is 0 Å². The molecule has 0 spiro atoms. The Kier molecular flexibility index (Phi) is 74.5. The molecule has 1 aromatic heterocycles. The number of aliphatic imine (C=N–C) groups is 1. The number of aromatic amines is 1. The van der Waals surface area contributed by atoms with Crippen LogP contribution in [0.25, 0.3) is 5.57 Å². The van der Waals surface area contributed by atoms with Crippen molar-refractivity contribution in [1.29, 1.82) is 0 Å². The SMILES string of the molecule is C.C.C/C(=C1\C=CC=N1)c1ccc[nH]1.CC.CC.N.N.[Ir].[Y].[Y]. The summed E-state index contributed by atoms with van der Waals surface area (Å²) in [5.74, 6) is 0. The summed E-state index contributed by atoms with van der Waals surface area (Å²) in [4.78, 5) is 7.36. The van der Waals surface area contributed by atoms with Crippen molar-refractivity contribution in [3.05, 3.63) is 41.9 Å². The zero-order valence-corrected chi connectivity index (χ0v) is 21.9. The molecule has 2 heterocycles. The van der Waals surface area contributed by atoms with Crippen LogP contribution in [-0.2, 0) is 85.5 Å². The molecule has 0 aliphatic carbocycles. The predicted octanol–water partition coefficient (Wildman–Crippen LogP) is 6.03. The molecule has 0 amide bonds. The first-order chi connectivity index (χ1) is 7.88. The molecule has 0 bridgehead atoms. The Morgan fingerprint density at radius 3 is 1.78 bits per heavy atom. The molecule has 2 rings (SSSR count). The van der Waals surface area contributed by atoms with Gasteiger partial charge in [-0.2, -0.15) is 0 Å². The van der Waals surface area contributed by atoms with Crippen LogP contribution < -0.4 is 12.3 Å². The van der Waals surface area contributed by atoms with Crippen molar-refractivity contribution in [1.82, 2.24) is 17.3 Å². The summed E-state index contributed by atoms with van der Waals surface area (Å²) in [5, 5.41) is 0. The van der Waals surface area contributed by atoms with E-state index in [9.17, 15) is 0 Å². The number of hydrogen-bond donors (Lipinski definition) is 3. The molecule has 4 nitrogen and oxygen atoms in total. The van der Waals surface area contributed by atoms with Crippen molar-refractivity contribution in [2.45, 2.75) is 49.5 Å². The minimum Gasteiger partial charge on any atom is -0.361 e. The van der Waals surface area contributed by atoms with Crippen LogP contribution in [0.4, 0.5) is 0 Å². The van der Waals surface area contributed by atoms with Crippen LogP contribution in [0.5, 0.6) is 0 Å². The topological polar surface area (TPSA) is 98.2 Å². The maximum atomic E-state index is 4.22. The maximum absolute atomic E-state index is 4.22. The number of rotatable bonds is 1. The Labute approximate surface area is 208 Å². The predicted molar refractivity (Wildman–Crippen MR) is 97.2 cm³/mol. The molecule has 0 atom stereocenters. The zero-order chi connectivity index (χ0) is 12.4. The largest absolute Gasteiger partial charge is 0.361 e. The van der Waals surface area contributed by atoms with Gasteiger partial charge in [-0.05, 0) is 36.8 Å². The Balaban J connectivity index is -0.0000000319.